The van der Waals surface area contributed by atoms with Gasteiger partial charge in [0.1, 0.15) is 0 Å². The first-order valence-electron chi connectivity index (χ1n) is 7.43. The van der Waals surface area contributed by atoms with Crippen molar-refractivity contribution in [3.05, 3.63) is 28.7 Å². The number of halogens is 1. The van der Waals surface area contributed by atoms with Crippen LogP contribution in [-0.4, -0.2) is 44.3 Å². The molecule has 112 valence electrons. The first-order valence-corrected chi connectivity index (χ1v) is 8.23. The normalized spacial score (nSPS) is 16.4. The third kappa shape index (κ3) is 4.76. The quantitative estimate of drug-likeness (QED) is 0.743. The fourth-order valence-electron chi connectivity index (χ4n) is 2.54. The fraction of sp³-hybridized carbons (Fsp3) is 0.625. The SMILES string of the molecule is COCCN(CCNc1ccccc1Br)C(C)C1CC1. The highest BCUT2D eigenvalue weighted by Gasteiger charge is 2.31. The maximum absolute atomic E-state index is 5.24. The zero-order valence-electron chi connectivity index (χ0n) is 12.4. The van der Waals surface area contributed by atoms with Crippen LogP contribution in [0.15, 0.2) is 28.7 Å². The molecule has 1 N–H and O–H groups in total. The maximum Gasteiger partial charge on any atom is 0.0589 e. The Morgan fingerprint density at radius 1 is 1.35 bits per heavy atom. The van der Waals surface area contributed by atoms with Gasteiger partial charge in [0.2, 0.25) is 0 Å². The predicted octanol–water partition coefficient (Wildman–Crippen LogP) is 3.61. The van der Waals surface area contributed by atoms with Crippen molar-refractivity contribution in [2.75, 3.05) is 38.7 Å². The van der Waals surface area contributed by atoms with Gasteiger partial charge in [-0.05, 0) is 53.7 Å². The highest BCUT2D eigenvalue weighted by Crippen LogP contribution is 2.35. The van der Waals surface area contributed by atoms with Gasteiger partial charge in [-0.2, -0.15) is 0 Å². The average Bonchev–Trinajstić information content (AvgIpc) is 3.28. The number of rotatable bonds is 9. The summed E-state index contributed by atoms with van der Waals surface area (Å²) in [5.41, 5.74) is 1.17. The van der Waals surface area contributed by atoms with Gasteiger partial charge < -0.3 is 10.1 Å². The van der Waals surface area contributed by atoms with Gasteiger partial charge in [0.25, 0.3) is 0 Å². The molecule has 0 saturated heterocycles. The van der Waals surface area contributed by atoms with E-state index in [0.29, 0.717) is 6.04 Å². The third-order valence-electron chi connectivity index (χ3n) is 4.05. The summed E-state index contributed by atoms with van der Waals surface area (Å²) in [4.78, 5) is 2.55. The Labute approximate surface area is 130 Å². The van der Waals surface area contributed by atoms with Crippen LogP contribution in [0.4, 0.5) is 5.69 Å². The van der Waals surface area contributed by atoms with Crippen LogP contribution in [0, 0.1) is 5.92 Å². The molecule has 1 aliphatic carbocycles. The largest absolute Gasteiger partial charge is 0.383 e. The molecule has 0 bridgehead atoms. The third-order valence-corrected chi connectivity index (χ3v) is 4.74. The summed E-state index contributed by atoms with van der Waals surface area (Å²) in [6, 6.07) is 8.94. The first-order chi connectivity index (χ1) is 9.72. The van der Waals surface area contributed by atoms with Gasteiger partial charge in [-0.3, -0.25) is 4.90 Å². The number of nitrogens with zero attached hydrogens (tertiary/aromatic N) is 1. The molecule has 0 radical (unpaired) electrons. The van der Waals surface area contributed by atoms with Crippen molar-refractivity contribution in [1.82, 2.24) is 4.90 Å². The Hall–Kier alpha value is -0.580. The van der Waals surface area contributed by atoms with E-state index in [0.717, 1.165) is 36.6 Å². The first kappa shape index (κ1) is 15.8. The van der Waals surface area contributed by atoms with E-state index in [2.05, 4.69) is 51.3 Å². The lowest BCUT2D eigenvalue weighted by atomic mass is 10.2. The number of anilines is 1. The van der Waals surface area contributed by atoms with Gasteiger partial charge in [0.05, 0.1) is 6.61 Å². The molecule has 1 aliphatic rings. The van der Waals surface area contributed by atoms with E-state index in [1.807, 2.05) is 6.07 Å². The van der Waals surface area contributed by atoms with Crippen molar-refractivity contribution in [2.24, 2.45) is 5.92 Å². The Morgan fingerprint density at radius 3 is 2.75 bits per heavy atom. The molecule has 1 unspecified atom stereocenters. The summed E-state index contributed by atoms with van der Waals surface area (Å²) in [6.45, 7) is 6.20. The molecule has 3 nitrogen and oxygen atoms in total. The maximum atomic E-state index is 5.24. The number of benzene rings is 1. The zero-order chi connectivity index (χ0) is 14.4. The van der Waals surface area contributed by atoms with E-state index in [1.54, 1.807) is 7.11 Å². The number of methoxy groups -OCH3 is 1. The van der Waals surface area contributed by atoms with Gasteiger partial charge in [-0.1, -0.05) is 12.1 Å². The molecule has 2 rings (SSSR count). The summed E-state index contributed by atoms with van der Waals surface area (Å²) >= 11 is 3.57. The minimum absolute atomic E-state index is 0.672. The van der Waals surface area contributed by atoms with Crippen LogP contribution in [-0.2, 0) is 4.74 Å². The van der Waals surface area contributed by atoms with Gasteiger partial charge in [-0.25, -0.2) is 0 Å². The summed E-state index contributed by atoms with van der Waals surface area (Å²) in [5.74, 6) is 0.898. The smallest absolute Gasteiger partial charge is 0.0589 e. The molecule has 20 heavy (non-hydrogen) atoms. The van der Waals surface area contributed by atoms with E-state index in [1.165, 1.54) is 18.5 Å². The van der Waals surface area contributed by atoms with Gasteiger partial charge >= 0.3 is 0 Å². The molecule has 1 atom stereocenters. The molecule has 1 aromatic rings. The Morgan fingerprint density at radius 2 is 2.10 bits per heavy atom. The van der Waals surface area contributed by atoms with Gasteiger partial charge in [-0.15, -0.1) is 0 Å². The molecule has 0 spiro atoms. The van der Waals surface area contributed by atoms with E-state index < -0.39 is 0 Å². The van der Waals surface area contributed by atoms with Crippen LogP contribution < -0.4 is 5.32 Å². The molecule has 0 aliphatic heterocycles. The second-order valence-corrected chi connectivity index (χ2v) is 6.37. The Bertz CT molecular complexity index is 409. The van der Waals surface area contributed by atoms with Crippen LogP contribution in [0.25, 0.3) is 0 Å². The molecular formula is C16H25BrN2O. The van der Waals surface area contributed by atoms with Crippen LogP contribution in [0.5, 0.6) is 0 Å². The van der Waals surface area contributed by atoms with Crippen molar-refractivity contribution >= 4 is 21.6 Å². The molecule has 0 amide bonds. The highest BCUT2D eigenvalue weighted by molar-refractivity contribution is 9.10. The number of para-hydroxylation sites is 1. The van der Waals surface area contributed by atoms with Gasteiger partial charge in [0.15, 0.2) is 0 Å². The number of hydrogen-bond donors (Lipinski definition) is 1. The van der Waals surface area contributed by atoms with Crippen molar-refractivity contribution in [3.63, 3.8) is 0 Å². The topological polar surface area (TPSA) is 24.5 Å². The summed E-state index contributed by atoms with van der Waals surface area (Å²) in [6.07, 6.45) is 2.78. The number of ether oxygens (including phenoxy) is 1. The molecule has 0 aromatic heterocycles. The lowest BCUT2D eigenvalue weighted by molar-refractivity contribution is 0.120. The summed E-state index contributed by atoms with van der Waals surface area (Å²) in [5, 5.41) is 3.50. The van der Waals surface area contributed by atoms with E-state index in [4.69, 9.17) is 4.74 Å². The van der Waals surface area contributed by atoms with Crippen LogP contribution in [0.1, 0.15) is 19.8 Å². The molecular weight excluding hydrogens is 316 g/mol. The van der Waals surface area contributed by atoms with Crippen LogP contribution in [0.2, 0.25) is 0 Å². The zero-order valence-corrected chi connectivity index (χ0v) is 14.0. The summed E-state index contributed by atoms with van der Waals surface area (Å²) in [7, 11) is 1.78. The molecule has 0 heterocycles. The van der Waals surface area contributed by atoms with Crippen molar-refractivity contribution in [1.29, 1.82) is 0 Å². The highest BCUT2D eigenvalue weighted by atomic mass is 79.9. The lowest BCUT2D eigenvalue weighted by Gasteiger charge is -2.29. The average molecular weight is 341 g/mol. The van der Waals surface area contributed by atoms with Gasteiger partial charge in [0, 0.05) is 42.9 Å². The van der Waals surface area contributed by atoms with E-state index in [-0.39, 0.29) is 0 Å². The summed E-state index contributed by atoms with van der Waals surface area (Å²) < 4.78 is 6.36. The number of hydrogen-bond acceptors (Lipinski definition) is 3. The lowest BCUT2D eigenvalue weighted by Crippen LogP contribution is -2.40. The van der Waals surface area contributed by atoms with E-state index >= 15 is 0 Å². The van der Waals surface area contributed by atoms with Crippen LogP contribution in [0.3, 0.4) is 0 Å². The molecule has 1 aromatic carbocycles. The van der Waals surface area contributed by atoms with Crippen molar-refractivity contribution < 1.29 is 4.74 Å². The van der Waals surface area contributed by atoms with E-state index in [9.17, 15) is 0 Å². The minimum Gasteiger partial charge on any atom is -0.383 e. The van der Waals surface area contributed by atoms with Crippen LogP contribution >= 0.6 is 15.9 Å². The van der Waals surface area contributed by atoms with Crippen molar-refractivity contribution in [3.8, 4) is 0 Å². The second-order valence-electron chi connectivity index (χ2n) is 5.51. The second kappa shape index (κ2) is 8.01. The fourth-order valence-corrected chi connectivity index (χ4v) is 2.97. The monoisotopic (exact) mass is 340 g/mol. The molecule has 1 saturated carbocycles. The predicted molar refractivity (Wildman–Crippen MR) is 88.3 cm³/mol. The molecule has 1 fully saturated rings. The standard InChI is InChI=1S/C16H25BrN2O/c1-13(14-7-8-14)19(11-12-20-2)10-9-18-16-6-4-3-5-15(16)17/h3-6,13-14,18H,7-12H2,1-2H3. The minimum atomic E-state index is 0.672. The molecule has 4 heteroatoms. The number of nitrogens with one attached hydrogen (secondary N) is 1. The van der Waals surface area contributed by atoms with Crippen molar-refractivity contribution in [2.45, 2.75) is 25.8 Å². The Kier molecular flexibility index (Phi) is 6.33. The Balaban J connectivity index is 1.80.